The smallest absolute Gasteiger partial charge is 0.276 e. The van der Waals surface area contributed by atoms with Crippen molar-refractivity contribution in [2.45, 2.75) is 98.3 Å². The Labute approximate surface area is 386 Å². The number of hydrogen-bond donors (Lipinski definition) is 6. The summed E-state index contributed by atoms with van der Waals surface area (Å²) in [5.41, 5.74) is 16.5. The Bertz CT molecular complexity index is 2690. The first-order chi connectivity index (χ1) is 30.4. The zero-order valence-corrected chi connectivity index (χ0v) is 38.2. The Kier molecular flexibility index (Phi) is 16.9. The summed E-state index contributed by atoms with van der Waals surface area (Å²) in [5, 5.41) is 34.4. The first-order valence-electron chi connectivity index (χ1n) is 21.3. The van der Waals surface area contributed by atoms with Crippen LogP contribution in [-0.2, 0) is 32.6 Å². The van der Waals surface area contributed by atoms with Crippen LogP contribution >= 0.6 is 24.8 Å². The summed E-state index contributed by atoms with van der Waals surface area (Å²) in [5.74, 6) is -1.17. The Balaban J connectivity index is 0.00000397. The van der Waals surface area contributed by atoms with Crippen molar-refractivity contribution in [1.29, 1.82) is 0 Å². The summed E-state index contributed by atoms with van der Waals surface area (Å²) in [4.78, 5) is 63.1. The molecule has 0 unspecified atom stereocenters. The molecule has 0 radical (unpaired) electrons. The molecule has 0 saturated carbocycles. The molecule has 1 aliphatic rings. The standard InChI is InChI=1S/C43H54N12O8.2ClH/c1-4-54-35-29(26(3)51-54)12-6-5-7-15-55-32(20-25(2)50-55)40(60)48-42-46-30-21-27(38(44)58)23-33(62-18-10-16-56)36(30)52(42)13-8-9-14-53-37-31(47-43(53)49-41(35)61)22-28(39(45)59)24-34(37)63-19-11-17-57;;/h20-24,56-57H,4-19H2,1-3H3,(H2,44,58)(H2,45,59)(H,46,48,60)(H,47,49,61);2*1H. The van der Waals surface area contributed by atoms with Crippen molar-refractivity contribution in [3.05, 3.63) is 69.8 Å². The van der Waals surface area contributed by atoms with Crippen LogP contribution < -0.4 is 31.6 Å². The fourth-order valence-corrected chi connectivity index (χ4v) is 7.99. The number of carbonyl (C=O) groups is 4. The Morgan fingerprint density at radius 2 is 1.25 bits per heavy atom. The van der Waals surface area contributed by atoms with Crippen molar-refractivity contribution in [2.75, 3.05) is 37.1 Å². The molecule has 0 fully saturated rings. The van der Waals surface area contributed by atoms with Crippen molar-refractivity contribution >= 4 is 82.4 Å². The van der Waals surface area contributed by atoms with Gasteiger partial charge in [-0.15, -0.1) is 24.8 Å². The molecule has 5 heterocycles. The molecule has 0 bridgehead atoms. The number of anilines is 2. The molecule has 2 aromatic carbocycles. The van der Waals surface area contributed by atoms with Crippen LogP contribution in [0, 0.1) is 13.8 Å². The lowest BCUT2D eigenvalue weighted by Crippen LogP contribution is -2.21. The number of imidazole rings is 2. The molecule has 7 rings (SSSR count). The summed E-state index contributed by atoms with van der Waals surface area (Å²) < 4.78 is 19.2. The number of carbonyl (C=O) groups excluding carboxylic acids is 4. The van der Waals surface area contributed by atoms with Gasteiger partial charge in [-0.3, -0.25) is 39.2 Å². The number of fused-ring (bicyclic) bond motifs is 8. The number of aliphatic hydroxyl groups is 2. The number of nitrogens with zero attached hydrogens (tertiary/aromatic N) is 8. The summed E-state index contributed by atoms with van der Waals surface area (Å²) in [6, 6.07) is 7.88. The highest BCUT2D eigenvalue weighted by atomic mass is 35.5. The van der Waals surface area contributed by atoms with E-state index in [1.165, 1.54) is 12.1 Å². The maximum absolute atomic E-state index is 14.4. The second-order valence-electron chi connectivity index (χ2n) is 15.5. The average Bonchev–Trinajstić information content (AvgIpc) is 3.99. The number of rotatable bonds is 11. The summed E-state index contributed by atoms with van der Waals surface area (Å²) in [6.07, 6.45) is 4.42. The molecule has 65 heavy (non-hydrogen) atoms. The predicted octanol–water partition coefficient (Wildman–Crippen LogP) is 4.69. The van der Waals surface area contributed by atoms with Crippen LogP contribution in [0.2, 0.25) is 0 Å². The van der Waals surface area contributed by atoms with Gasteiger partial charge in [0.05, 0.1) is 35.6 Å². The topological polar surface area (TPSA) is 275 Å². The number of amides is 4. The lowest BCUT2D eigenvalue weighted by Gasteiger charge is -2.16. The minimum absolute atomic E-state index is 0. The Morgan fingerprint density at radius 1 is 0.723 bits per heavy atom. The minimum Gasteiger partial charge on any atom is -0.491 e. The zero-order chi connectivity index (χ0) is 44.8. The second kappa shape index (κ2) is 22.1. The molecule has 22 heteroatoms. The Hall–Kier alpha value is -6.22. The number of ether oxygens (including phenoxy) is 2. The van der Waals surface area contributed by atoms with Crippen LogP contribution in [-0.4, -0.2) is 98.9 Å². The van der Waals surface area contributed by atoms with E-state index in [1.54, 1.807) is 27.6 Å². The normalized spacial score (nSPS) is 13.8. The molecule has 8 N–H and O–H groups in total. The van der Waals surface area contributed by atoms with E-state index in [-0.39, 0.29) is 74.3 Å². The summed E-state index contributed by atoms with van der Waals surface area (Å²) in [7, 11) is 0. The molecule has 0 aliphatic carbocycles. The molecular weight excluding hydrogens is 883 g/mol. The number of halogens is 2. The number of benzene rings is 2. The number of aromatic nitrogens is 8. The van der Waals surface area contributed by atoms with Crippen molar-refractivity contribution < 1.29 is 38.9 Å². The van der Waals surface area contributed by atoms with Crippen LogP contribution in [0.25, 0.3) is 22.1 Å². The van der Waals surface area contributed by atoms with E-state index >= 15 is 0 Å². The number of nitrogens with one attached hydrogen (secondary N) is 2. The molecule has 4 amide bonds. The van der Waals surface area contributed by atoms with Gasteiger partial charge < -0.3 is 40.3 Å². The third kappa shape index (κ3) is 10.8. The minimum atomic E-state index is -0.688. The van der Waals surface area contributed by atoms with E-state index in [1.807, 2.05) is 29.9 Å². The van der Waals surface area contributed by atoms with Crippen molar-refractivity contribution in [2.24, 2.45) is 11.5 Å². The first-order valence-corrected chi connectivity index (χ1v) is 21.3. The van der Waals surface area contributed by atoms with E-state index in [0.29, 0.717) is 115 Å². The molecule has 6 aromatic rings. The van der Waals surface area contributed by atoms with E-state index in [9.17, 15) is 29.4 Å². The van der Waals surface area contributed by atoms with E-state index in [2.05, 4.69) is 15.7 Å². The van der Waals surface area contributed by atoms with Gasteiger partial charge in [-0.2, -0.15) is 10.2 Å². The number of aliphatic hydroxyl groups excluding tert-OH is 2. The third-order valence-electron chi connectivity index (χ3n) is 11.0. The SMILES string of the molecule is CCn1nc(C)c2c1C(=O)Nc1nc3cc(C(N)=O)cc(OCCCO)c3n1CCCCn1c(nc3cc(C(N)=O)cc(OCCCO)c31)NC(=O)c1cc(C)nn1CCCCC2.Cl.Cl. The van der Waals surface area contributed by atoms with Crippen molar-refractivity contribution in [3.8, 4) is 11.5 Å². The van der Waals surface area contributed by atoms with Gasteiger partial charge in [-0.25, -0.2) is 9.97 Å². The maximum atomic E-state index is 14.4. The van der Waals surface area contributed by atoms with E-state index < -0.39 is 23.6 Å². The van der Waals surface area contributed by atoms with Gasteiger partial charge in [0, 0.05) is 68.9 Å². The highest BCUT2D eigenvalue weighted by molar-refractivity contribution is 6.06. The van der Waals surface area contributed by atoms with E-state index in [4.69, 9.17) is 36.0 Å². The van der Waals surface area contributed by atoms with Gasteiger partial charge in [0.1, 0.15) is 33.9 Å². The number of primary amides is 2. The molecule has 0 atom stereocenters. The molecular formula is C43H56Cl2N12O8. The second-order valence-corrected chi connectivity index (χ2v) is 15.5. The van der Waals surface area contributed by atoms with Crippen LogP contribution in [0.4, 0.5) is 11.9 Å². The molecule has 350 valence electrons. The number of aryl methyl sites for hydroxylation is 6. The molecule has 1 aliphatic heterocycles. The van der Waals surface area contributed by atoms with E-state index in [0.717, 1.165) is 24.1 Å². The van der Waals surface area contributed by atoms with Crippen LogP contribution in [0.1, 0.15) is 111 Å². The zero-order valence-electron chi connectivity index (χ0n) is 36.6. The maximum Gasteiger partial charge on any atom is 0.276 e. The van der Waals surface area contributed by atoms with Gasteiger partial charge >= 0.3 is 0 Å². The monoisotopic (exact) mass is 938 g/mol. The largest absolute Gasteiger partial charge is 0.491 e. The molecule has 0 spiro atoms. The van der Waals surface area contributed by atoms with Gasteiger partial charge in [-0.05, 0) is 83.2 Å². The third-order valence-corrected chi connectivity index (χ3v) is 11.0. The lowest BCUT2D eigenvalue weighted by atomic mass is 10.0. The quantitative estimate of drug-likeness (QED) is 0.0966. The van der Waals surface area contributed by atoms with Crippen LogP contribution in [0.3, 0.4) is 0 Å². The van der Waals surface area contributed by atoms with Gasteiger partial charge in [0.15, 0.2) is 0 Å². The fourth-order valence-electron chi connectivity index (χ4n) is 7.99. The lowest BCUT2D eigenvalue weighted by molar-refractivity contribution is 0.0991. The van der Waals surface area contributed by atoms with Gasteiger partial charge in [-0.1, -0.05) is 6.42 Å². The van der Waals surface area contributed by atoms with Gasteiger partial charge in [0.25, 0.3) is 11.8 Å². The molecule has 20 nitrogen and oxygen atoms in total. The molecule has 4 aromatic heterocycles. The van der Waals surface area contributed by atoms with Crippen LogP contribution in [0.5, 0.6) is 11.5 Å². The van der Waals surface area contributed by atoms with Gasteiger partial charge in [0.2, 0.25) is 23.7 Å². The Morgan fingerprint density at radius 3 is 1.75 bits per heavy atom. The highest BCUT2D eigenvalue weighted by Crippen LogP contribution is 2.34. The fraction of sp³-hybridized carbons (Fsp3) is 0.442. The summed E-state index contributed by atoms with van der Waals surface area (Å²) in [6.45, 7) is 7.22. The average molecular weight is 940 g/mol. The number of hydrogen-bond acceptors (Lipinski definition) is 12. The number of nitrogens with two attached hydrogens (primary N) is 2. The van der Waals surface area contributed by atoms with Crippen molar-refractivity contribution in [1.82, 2.24) is 38.7 Å². The first kappa shape index (κ1) is 49.8. The van der Waals surface area contributed by atoms with Crippen LogP contribution in [0.15, 0.2) is 30.3 Å². The van der Waals surface area contributed by atoms with Crippen molar-refractivity contribution in [3.63, 3.8) is 0 Å². The highest BCUT2D eigenvalue weighted by Gasteiger charge is 2.26. The summed E-state index contributed by atoms with van der Waals surface area (Å²) >= 11 is 0. The predicted molar refractivity (Wildman–Crippen MR) is 248 cm³/mol. The molecule has 0 saturated heterocycles.